The minimum Gasteiger partial charge on any atom is -0.366 e. The summed E-state index contributed by atoms with van der Waals surface area (Å²) in [5.74, 6) is 3.47. The topological polar surface area (TPSA) is 59.3 Å². The van der Waals surface area contributed by atoms with E-state index in [0.717, 1.165) is 32.2 Å². The molecule has 4 N–H and O–H groups in total. The first-order valence-electron chi connectivity index (χ1n) is 18.0. The molecule has 7 aliphatic carbocycles. The molecule has 1 heterocycles. The van der Waals surface area contributed by atoms with Crippen molar-refractivity contribution in [2.45, 2.75) is 82.3 Å². The highest BCUT2D eigenvalue weighted by molar-refractivity contribution is 5.49. The SMILES string of the molecule is NC(NC(NCC1C=CC(C2C=CCCC2)=CC1)C1=CC2C=CC3=C(C2CC1)C1C(C=C3)OC2C=CC=CC21)C1CC=CCC1. The molecule has 45 heavy (non-hydrogen) atoms. The molecule has 1 aliphatic heterocycles. The lowest BCUT2D eigenvalue weighted by Gasteiger charge is -2.42. The van der Waals surface area contributed by atoms with Gasteiger partial charge in [0.1, 0.15) is 0 Å². The Balaban J connectivity index is 0.988. The van der Waals surface area contributed by atoms with Crippen molar-refractivity contribution in [3.8, 4) is 0 Å². The van der Waals surface area contributed by atoms with Crippen molar-refractivity contribution < 1.29 is 4.74 Å². The van der Waals surface area contributed by atoms with Gasteiger partial charge in [0.25, 0.3) is 0 Å². The lowest BCUT2D eigenvalue weighted by Crippen LogP contribution is -2.56. The van der Waals surface area contributed by atoms with E-state index in [9.17, 15) is 0 Å². The van der Waals surface area contributed by atoms with Crippen LogP contribution in [0.15, 0.2) is 120 Å². The number of allylic oxidation sites excluding steroid dienone is 14. The zero-order valence-corrected chi connectivity index (χ0v) is 26.6. The average molecular weight is 602 g/mol. The number of ether oxygens (including phenoxy) is 1. The average Bonchev–Trinajstić information content (AvgIpc) is 3.49. The van der Waals surface area contributed by atoms with Crippen molar-refractivity contribution in [3.63, 3.8) is 0 Å². The summed E-state index contributed by atoms with van der Waals surface area (Å²) >= 11 is 0. The molecule has 11 atom stereocenters. The molecule has 0 aromatic heterocycles. The maximum absolute atomic E-state index is 6.91. The van der Waals surface area contributed by atoms with E-state index in [-0.39, 0.29) is 24.5 Å². The summed E-state index contributed by atoms with van der Waals surface area (Å²) < 4.78 is 6.54. The van der Waals surface area contributed by atoms with Crippen molar-refractivity contribution in [3.05, 3.63) is 120 Å². The molecule has 4 nitrogen and oxygen atoms in total. The van der Waals surface area contributed by atoms with Crippen molar-refractivity contribution >= 4 is 0 Å². The van der Waals surface area contributed by atoms with Gasteiger partial charge in [-0.25, -0.2) is 0 Å². The van der Waals surface area contributed by atoms with Crippen LogP contribution in [0, 0.1) is 41.4 Å². The van der Waals surface area contributed by atoms with Crippen LogP contribution in [0.1, 0.15) is 57.8 Å². The summed E-state index contributed by atoms with van der Waals surface area (Å²) in [5, 5.41) is 7.91. The molecule has 0 spiro atoms. The summed E-state index contributed by atoms with van der Waals surface area (Å²) in [7, 11) is 0. The molecule has 236 valence electrons. The first kappa shape index (κ1) is 29.6. The molecule has 0 saturated carbocycles. The normalized spacial score (nSPS) is 39.1. The van der Waals surface area contributed by atoms with Crippen molar-refractivity contribution in [1.29, 1.82) is 0 Å². The van der Waals surface area contributed by atoms with Gasteiger partial charge in [-0.2, -0.15) is 0 Å². The number of nitrogens with one attached hydrogen (secondary N) is 2. The Morgan fingerprint density at radius 1 is 0.867 bits per heavy atom. The maximum atomic E-state index is 6.91. The standard InChI is InChI=1S/C41H51N3O/c42-40(31-11-5-2-6-12-31)44-41(43-26-27-15-17-29(18-16-27)28-9-3-1-4-10-28)33-21-23-34-32(25-33)20-19-30-22-24-37-39(38(30)34)35-13-7-8-14-36(35)45-37/h2-3,5,7-9,13-15,17-20,22,24-25,27-28,31-32,34-37,39-41,43-44H,1,4,6,10-12,16,21,23,26,42H2. The fourth-order valence-corrected chi connectivity index (χ4v) is 9.40. The third-order valence-corrected chi connectivity index (χ3v) is 11.9. The van der Waals surface area contributed by atoms with Crippen molar-refractivity contribution in [2.75, 3.05) is 6.54 Å². The van der Waals surface area contributed by atoms with Gasteiger partial charge in [0.2, 0.25) is 0 Å². The summed E-state index contributed by atoms with van der Waals surface area (Å²) in [4.78, 5) is 0. The van der Waals surface area contributed by atoms with E-state index in [1.807, 2.05) is 0 Å². The highest BCUT2D eigenvalue weighted by Gasteiger charge is 2.48. The Bertz CT molecular complexity index is 1430. The molecule has 0 amide bonds. The quantitative estimate of drug-likeness (QED) is 0.199. The smallest absolute Gasteiger partial charge is 0.0839 e. The molecular weight excluding hydrogens is 550 g/mol. The highest BCUT2D eigenvalue weighted by Crippen LogP contribution is 2.52. The molecule has 0 radical (unpaired) electrons. The number of fused-ring (bicyclic) bond motifs is 6. The second kappa shape index (κ2) is 13.2. The molecule has 8 rings (SSSR count). The van der Waals surface area contributed by atoms with Gasteiger partial charge in [0.15, 0.2) is 0 Å². The van der Waals surface area contributed by atoms with Crippen molar-refractivity contribution in [2.24, 2.45) is 47.2 Å². The second-order valence-electron chi connectivity index (χ2n) is 14.6. The Labute approximate surface area is 270 Å². The minimum atomic E-state index is -0.0169. The van der Waals surface area contributed by atoms with Gasteiger partial charge < -0.3 is 10.5 Å². The monoisotopic (exact) mass is 601 g/mol. The molecule has 4 heteroatoms. The van der Waals surface area contributed by atoms with Crippen molar-refractivity contribution in [1.82, 2.24) is 10.6 Å². The van der Waals surface area contributed by atoms with E-state index in [1.54, 1.807) is 5.57 Å². The zero-order chi connectivity index (χ0) is 30.2. The Morgan fingerprint density at radius 3 is 2.64 bits per heavy atom. The lowest BCUT2D eigenvalue weighted by atomic mass is 9.63. The van der Waals surface area contributed by atoms with Crippen LogP contribution in [-0.2, 0) is 4.74 Å². The number of hydrogen-bond donors (Lipinski definition) is 3. The first-order chi connectivity index (χ1) is 22.2. The highest BCUT2D eigenvalue weighted by atomic mass is 16.5. The predicted octanol–water partition coefficient (Wildman–Crippen LogP) is 7.51. The molecule has 1 saturated heterocycles. The van der Waals surface area contributed by atoms with Gasteiger partial charge in [0.05, 0.1) is 24.5 Å². The number of hydrogen-bond acceptors (Lipinski definition) is 4. The minimum absolute atomic E-state index is 0.0169. The summed E-state index contributed by atoms with van der Waals surface area (Å²) in [6, 6.07) is 0. The Morgan fingerprint density at radius 2 is 1.80 bits per heavy atom. The molecule has 11 unspecified atom stereocenters. The van der Waals surface area contributed by atoms with E-state index in [2.05, 4.69) is 108 Å². The molecule has 0 aromatic carbocycles. The fourth-order valence-electron chi connectivity index (χ4n) is 9.40. The van der Waals surface area contributed by atoms with E-state index < -0.39 is 0 Å². The maximum Gasteiger partial charge on any atom is 0.0839 e. The van der Waals surface area contributed by atoms with Crippen LogP contribution in [-0.4, -0.2) is 31.1 Å². The first-order valence-corrected chi connectivity index (χ1v) is 18.0. The van der Waals surface area contributed by atoms with E-state index in [1.165, 1.54) is 48.8 Å². The molecular formula is C41H51N3O. The van der Waals surface area contributed by atoms with Crippen LogP contribution in [0.3, 0.4) is 0 Å². The van der Waals surface area contributed by atoms with Crippen LogP contribution < -0.4 is 16.4 Å². The molecule has 8 aliphatic rings. The van der Waals surface area contributed by atoms with Crippen LogP contribution in [0.25, 0.3) is 0 Å². The van der Waals surface area contributed by atoms with Gasteiger partial charge in [-0.15, -0.1) is 0 Å². The third kappa shape index (κ3) is 6.07. The van der Waals surface area contributed by atoms with Gasteiger partial charge in [-0.3, -0.25) is 10.6 Å². The van der Waals surface area contributed by atoms with Crippen LogP contribution in [0.2, 0.25) is 0 Å². The zero-order valence-electron chi connectivity index (χ0n) is 26.6. The summed E-state index contributed by atoms with van der Waals surface area (Å²) in [6.45, 7) is 0.959. The number of rotatable bonds is 8. The second-order valence-corrected chi connectivity index (χ2v) is 14.6. The number of nitrogens with two attached hydrogens (primary N) is 1. The summed E-state index contributed by atoms with van der Waals surface area (Å²) in [5.41, 5.74) is 13.0. The fraction of sp³-hybridized carbons (Fsp3) is 0.512. The third-order valence-electron chi connectivity index (χ3n) is 11.9. The molecule has 1 fully saturated rings. The predicted molar refractivity (Wildman–Crippen MR) is 185 cm³/mol. The molecule has 0 bridgehead atoms. The Hall–Kier alpha value is -2.76. The Kier molecular flexibility index (Phi) is 8.66. The lowest BCUT2D eigenvalue weighted by molar-refractivity contribution is 0.0861. The largest absolute Gasteiger partial charge is 0.366 e. The van der Waals surface area contributed by atoms with Crippen LogP contribution in [0.4, 0.5) is 0 Å². The van der Waals surface area contributed by atoms with Crippen LogP contribution >= 0.6 is 0 Å². The summed E-state index contributed by atoms with van der Waals surface area (Å²) in [6.07, 6.45) is 49.0. The van der Waals surface area contributed by atoms with E-state index >= 15 is 0 Å². The van der Waals surface area contributed by atoms with Gasteiger partial charge in [-0.05, 0) is 92.3 Å². The molecule has 0 aromatic rings. The van der Waals surface area contributed by atoms with E-state index in [4.69, 9.17) is 10.5 Å². The van der Waals surface area contributed by atoms with Gasteiger partial charge in [-0.1, -0.05) is 103 Å². The van der Waals surface area contributed by atoms with Gasteiger partial charge >= 0.3 is 0 Å². The van der Waals surface area contributed by atoms with Gasteiger partial charge in [0, 0.05) is 30.2 Å². The van der Waals surface area contributed by atoms with Crippen LogP contribution in [0.5, 0.6) is 0 Å². The van der Waals surface area contributed by atoms with E-state index in [0.29, 0.717) is 41.4 Å².